The Morgan fingerprint density at radius 2 is 0.569 bits per heavy atom. The molecule has 0 spiro atoms. The molecule has 16 nitrogen and oxygen atoms in total. The first-order valence-electron chi connectivity index (χ1n) is 42.5. The molecule has 34 heteroatoms. The minimum absolute atomic E-state index is 0.00221. The van der Waals surface area contributed by atoms with E-state index in [4.69, 9.17) is 23.2 Å². The third-order valence-electron chi connectivity index (χ3n) is 20.9. The van der Waals surface area contributed by atoms with E-state index in [0.717, 1.165) is 95.0 Å². The van der Waals surface area contributed by atoms with Crippen molar-refractivity contribution < 1.29 is 53.4 Å². The summed E-state index contributed by atoms with van der Waals surface area (Å²) < 4.78 is 146. The lowest BCUT2D eigenvalue weighted by Gasteiger charge is -2.06. The van der Waals surface area contributed by atoms with Crippen LogP contribution in [0.1, 0.15) is 78.0 Å². The zero-order chi connectivity index (χ0) is 97.0. The summed E-state index contributed by atoms with van der Waals surface area (Å²) in [6, 6.07) is 63.8. The third-order valence-corrected chi connectivity index (χ3v) is 27.4. The van der Waals surface area contributed by atoms with E-state index in [1.807, 2.05) is 106 Å². The van der Waals surface area contributed by atoms with Crippen LogP contribution in [-0.2, 0) is 46.3 Å². The maximum Gasteiger partial charge on any atom is 0.586 e. The van der Waals surface area contributed by atoms with Crippen LogP contribution in [0.5, 0.6) is 11.5 Å². The molecule has 0 bridgehead atoms. The van der Waals surface area contributed by atoms with Gasteiger partial charge in [-0.2, -0.15) is 5.10 Å². The Kier molecular flexibility index (Phi) is 33.8. The van der Waals surface area contributed by atoms with Crippen LogP contribution in [0.4, 0.5) is 74.7 Å². The Balaban J connectivity index is 0.000000132. The number of hydrogen-bond acceptors (Lipinski definition) is 21. The summed E-state index contributed by atoms with van der Waals surface area (Å²) in [5, 5.41) is 28.3. The van der Waals surface area contributed by atoms with E-state index in [2.05, 4.69) is 140 Å². The van der Waals surface area contributed by atoms with Crippen molar-refractivity contribution in [3.63, 3.8) is 0 Å². The number of anilines is 6. The van der Waals surface area contributed by atoms with Crippen LogP contribution in [0.15, 0.2) is 262 Å². The van der Waals surface area contributed by atoms with Crippen molar-refractivity contribution in [1.82, 2.24) is 39.7 Å². The largest absolute Gasteiger partial charge is 0.586 e. The lowest BCUT2D eigenvalue weighted by Crippen LogP contribution is -2.25. The second-order valence-corrected chi connectivity index (χ2v) is 38.2. The van der Waals surface area contributed by atoms with Gasteiger partial charge in [0.2, 0.25) is 0 Å². The highest BCUT2D eigenvalue weighted by molar-refractivity contribution is 7.20. The first-order valence-corrected chi connectivity index (χ1v) is 48.1. The van der Waals surface area contributed by atoms with E-state index in [-0.39, 0.29) is 59.0 Å². The fourth-order valence-electron chi connectivity index (χ4n) is 13.9. The van der Waals surface area contributed by atoms with Crippen LogP contribution < -0.4 is 41.4 Å². The average molecular weight is 2010 g/mol. The highest BCUT2D eigenvalue weighted by Gasteiger charge is 2.44. The van der Waals surface area contributed by atoms with Gasteiger partial charge in [-0.05, 0) is 173 Å². The minimum Gasteiger partial charge on any atom is -0.395 e. The van der Waals surface area contributed by atoms with Crippen molar-refractivity contribution >= 4 is 122 Å². The van der Waals surface area contributed by atoms with Gasteiger partial charge in [0.25, 0.3) is 0 Å². The molecule has 702 valence electrons. The number of rotatable bonds is 24. The maximum atomic E-state index is 13.7. The van der Waals surface area contributed by atoms with Crippen molar-refractivity contribution in [1.29, 1.82) is 0 Å². The second kappa shape index (κ2) is 46.5. The molecule has 0 saturated carbocycles. The summed E-state index contributed by atoms with van der Waals surface area (Å²) in [6.45, 7) is 17.7. The molecule has 0 atom stereocenters. The summed E-state index contributed by atoms with van der Waals surface area (Å²) in [4.78, 5) is 31.7. The molecular weight excluding hydrogens is 1920 g/mol. The molecule has 0 aliphatic carbocycles. The van der Waals surface area contributed by atoms with Gasteiger partial charge >= 0.3 is 6.29 Å². The van der Waals surface area contributed by atoms with E-state index < -0.39 is 29.6 Å². The number of aromatic nitrogens is 8. The summed E-state index contributed by atoms with van der Waals surface area (Å²) >= 11 is 21.3. The number of fused-ring (bicyclic) bond motifs is 1. The van der Waals surface area contributed by atoms with Gasteiger partial charge in [0.15, 0.2) is 42.3 Å². The van der Waals surface area contributed by atoms with E-state index >= 15 is 0 Å². The predicted molar refractivity (Wildman–Crippen MR) is 538 cm³/mol. The van der Waals surface area contributed by atoms with Crippen molar-refractivity contribution in [3.8, 4) is 74.3 Å². The number of thiazole rings is 6. The van der Waals surface area contributed by atoms with Gasteiger partial charge in [0, 0.05) is 144 Å². The molecule has 137 heavy (non-hydrogen) atoms. The number of halogens is 12. The van der Waals surface area contributed by atoms with Crippen LogP contribution >= 0.6 is 91.2 Å². The molecule has 1 aliphatic rings. The smallest absolute Gasteiger partial charge is 0.395 e. The Morgan fingerprint density at radius 1 is 0.299 bits per heavy atom. The molecule has 0 radical (unpaired) electrons. The number of nitrogens with zero attached hydrogens (tertiary/aromatic N) is 8. The predicted octanol–water partition coefficient (Wildman–Crippen LogP) is 30.5. The molecule has 0 unspecified atom stereocenters. The molecular formula is C103H88Cl2F10N14O2S6. The zero-order valence-electron chi connectivity index (χ0n) is 74.9. The standard InChI is InChI=1S/C18H13F3N2O2S.C18H16F2N2S.C18H17FN2S.C17H13ClF2N2S.C17H14ClFN2S.C15H15FN4S/c1-10-6-14-15(25-18(20,21)24-14)7-12(10)16-9-23-17(26-16)22-8-11-4-2-3-5-13(11)19;1-11-6-7-13(12(2)8-11)17-10-22-18(23-17)21-9-14-15(19)4-3-5-16(14)20;1-12-7-8-15(13(2)9-12)17-11-21-18(22-17)20-10-14-5-3-4-6-16(14)19;1-10-5-6-11(13(18)7-10)16-9-22-17(23-16)21-8-12-14(19)3-2-4-15(12)20;1-11-6-7-13(14(18)8-11)16-10-21-17(22-16)20-9-12-4-2-3-5-15(12)19;1-10-7-13(20(2)19-10)14-9-18-15(21-14)17-8-11-5-3-4-6-12(11)16/h2-7,9H,8H2,1H3,(H,22,23);3-8,10H,9H2,1-2H3,(H,21,22);3-9,11H,10H2,1-2H3,(H,20,21);2-7,9H,8H2,1H3,(H,21,22);2-8,10H,9H2,1H3,(H,20,21);3-7,9H,8H2,1-2H3,(H,17,18). The van der Waals surface area contributed by atoms with Crippen molar-refractivity contribution in [2.75, 3.05) is 31.9 Å². The normalized spacial score (nSPS) is 11.5. The number of alkyl halides is 2. The topological polar surface area (TPSA) is 186 Å². The van der Waals surface area contributed by atoms with Gasteiger partial charge in [0.1, 0.15) is 46.5 Å². The number of nitrogens with one attached hydrogen (secondary N) is 6. The van der Waals surface area contributed by atoms with E-state index in [0.29, 0.717) is 73.9 Å². The zero-order valence-corrected chi connectivity index (χ0v) is 81.4. The Hall–Kier alpha value is -13.3. The lowest BCUT2D eigenvalue weighted by molar-refractivity contribution is -0.286. The summed E-state index contributed by atoms with van der Waals surface area (Å²) in [7, 11) is 1.91. The van der Waals surface area contributed by atoms with E-state index in [9.17, 15) is 43.9 Å². The molecule has 7 aromatic heterocycles. The van der Waals surface area contributed by atoms with Crippen molar-refractivity contribution in [3.05, 3.63) is 396 Å². The maximum absolute atomic E-state index is 13.7. The van der Waals surface area contributed by atoms with Crippen molar-refractivity contribution in [2.24, 2.45) is 7.05 Å². The highest BCUT2D eigenvalue weighted by Crippen LogP contribution is 2.47. The van der Waals surface area contributed by atoms with Crippen LogP contribution in [0.3, 0.4) is 0 Å². The Morgan fingerprint density at radius 3 is 0.883 bits per heavy atom. The molecule has 8 heterocycles. The molecule has 6 N–H and O–H groups in total. The molecule has 19 rings (SSSR count). The van der Waals surface area contributed by atoms with Gasteiger partial charge in [0.05, 0.1) is 40.7 Å². The van der Waals surface area contributed by atoms with E-state index in [1.165, 1.54) is 157 Å². The van der Waals surface area contributed by atoms with Gasteiger partial charge < -0.3 is 41.4 Å². The fraction of sp³-hybridized carbons (Fsp3) is 0.155. The SMILES string of the molecule is Cc1cc(-c2cnc(NCc3ccccc3F)s2)n(C)n1.Cc1cc2c(cc1-c1cnc(NCc3ccccc3F)s1)OC(F)(F)O2.Cc1ccc(-c2cnc(NCc3c(F)cccc3F)s2)c(C)c1.Cc1ccc(-c2cnc(NCc3c(F)cccc3F)s2)c(Cl)c1.Cc1ccc(-c2cnc(NCc3ccccc3F)s2)c(C)c1.Cc1ccc(-c2cnc(NCc3ccccc3F)s2)c(Cl)c1. The summed E-state index contributed by atoms with van der Waals surface area (Å²) in [6.07, 6.45) is 6.93. The van der Waals surface area contributed by atoms with Crippen LogP contribution in [-0.4, -0.2) is 46.0 Å². The monoisotopic (exact) mass is 2000 g/mol. The van der Waals surface area contributed by atoms with Gasteiger partial charge in [-0.15, -0.1) is 8.78 Å². The number of benzene rings is 11. The molecule has 18 aromatic rings. The minimum atomic E-state index is -3.65. The summed E-state index contributed by atoms with van der Waals surface area (Å²) in [5.74, 6) is -3.15. The molecule has 0 saturated heterocycles. The van der Waals surface area contributed by atoms with Gasteiger partial charge in [-0.3, -0.25) is 4.68 Å². The van der Waals surface area contributed by atoms with E-state index in [1.54, 1.807) is 97.6 Å². The fourth-order valence-corrected chi connectivity index (χ4v) is 19.9. The summed E-state index contributed by atoms with van der Waals surface area (Å²) in [5.41, 5.74) is 17.2. The Bertz CT molecular complexity index is 6890. The van der Waals surface area contributed by atoms with Gasteiger partial charge in [-0.25, -0.2) is 65.0 Å². The average Bonchev–Trinajstić information content (AvgIpc) is 1.63. The second-order valence-electron chi connectivity index (χ2n) is 31.2. The van der Waals surface area contributed by atoms with Crippen LogP contribution in [0.2, 0.25) is 10.0 Å². The van der Waals surface area contributed by atoms with Gasteiger partial charge in [-0.1, -0.05) is 248 Å². The quantitative estimate of drug-likeness (QED) is 0.0314. The Labute approximate surface area is 819 Å². The first kappa shape index (κ1) is 99.7. The molecule has 0 amide bonds. The third kappa shape index (κ3) is 27.1. The lowest BCUT2D eigenvalue weighted by atomic mass is 10.1. The number of ether oxygens (including phenoxy) is 2. The van der Waals surface area contributed by atoms with Crippen molar-refractivity contribution in [2.45, 2.75) is 101 Å². The molecule has 0 fully saturated rings. The highest BCUT2D eigenvalue weighted by atomic mass is 35.5. The van der Waals surface area contributed by atoms with Crippen LogP contribution in [0, 0.1) is 102 Å². The molecule has 1 aliphatic heterocycles. The number of aryl methyl sites for hydroxylation is 9. The molecule has 11 aromatic carbocycles. The first-order chi connectivity index (χ1) is 65.9. The number of hydrogen-bond donors (Lipinski definition) is 6. The van der Waals surface area contributed by atoms with Crippen LogP contribution in [0.25, 0.3) is 62.8 Å².